The first kappa shape index (κ1) is 21.8. The maximum Gasteiger partial charge on any atom is 0.237 e. The van der Waals surface area contributed by atoms with Crippen LogP contribution in [-0.4, -0.2) is 35.7 Å². The van der Waals surface area contributed by atoms with Crippen LogP contribution in [0.25, 0.3) is 0 Å². The van der Waals surface area contributed by atoms with Gasteiger partial charge >= 0.3 is 0 Å². The zero-order valence-corrected chi connectivity index (χ0v) is 18.1. The molecule has 0 unspecified atom stereocenters. The third-order valence-electron chi connectivity index (χ3n) is 5.73. The molecule has 1 atom stereocenters. The molecule has 0 aliphatic carbocycles. The lowest BCUT2D eigenvalue weighted by molar-refractivity contribution is -0.125. The Morgan fingerprint density at radius 3 is 2.38 bits per heavy atom. The topological polar surface area (TPSA) is 58.6 Å². The monoisotopic (exact) mass is 428 g/mol. The van der Waals surface area contributed by atoms with Crippen LogP contribution in [0.5, 0.6) is 5.75 Å². The number of benzene rings is 3. The molecule has 3 aromatic carbocycles. The van der Waals surface area contributed by atoms with Crippen LogP contribution in [0.15, 0.2) is 84.9 Å². The maximum atomic E-state index is 12.9. The summed E-state index contributed by atoms with van der Waals surface area (Å²) in [5, 5.41) is 3.01. The van der Waals surface area contributed by atoms with Gasteiger partial charge < -0.3 is 10.1 Å². The Hall–Kier alpha value is -3.44. The number of ketones is 1. The van der Waals surface area contributed by atoms with Crippen molar-refractivity contribution >= 4 is 11.7 Å². The van der Waals surface area contributed by atoms with Crippen molar-refractivity contribution < 1.29 is 14.3 Å². The molecule has 0 aromatic heterocycles. The molecule has 0 spiro atoms. The van der Waals surface area contributed by atoms with E-state index >= 15 is 0 Å². The van der Waals surface area contributed by atoms with E-state index < -0.39 is 0 Å². The van der Waals surface area contributed by atoms with Gasteiger partial charge in [-0.2, -0.15) is 0 Å². The Bertz CT molecular complexity index is 1040. The van der Waals surface area contributed by atoms with Crippen LogP contribution in [0, 0.1) is 0 Å². The van der Waals surface area contributed by atoms with Crippen molar-refractivity contribution in [1.82, 2.24) is 10.2 Å². The van der Waals surface area contributed by atoms with E-state index in [0.717, 1.165) is 30.5 Å². The number of carbonyl (C=O) groups excluding carboxylic acids is 2. The molecule has 1 heterocycles. The van der Waals surface area contributed by atoms with E-state index in [0.29, 0.717) is 24.5 Å². The van der Waals surface area contributed by atoms with E-state index in [9.17, 15) is 9.59 Å². The molecule has 3 aromatic rings. The minimum Gasteiger partial charge on any atom is -0.489 e. The number of hydrogen-bond acceptors (Lipinski definition) is 4. The van der Waals surface area contributed by atoms with Gasteiger partial charge in [0.2, 0.25) is 5.91 Å². The minimum atomic E-state index is -0.264. The predicted molar refractivity (Wildman–Crippen MR) is 124 cm³/mol. The highest BCUT2D eigenvalue weighted by Crippen LogP contribution is 2.20. The number of hydrogen-bond donors (Lipinski definition) is 1. The standard InChI is InChI=1S/C27H28N2O3/c30-26(23-13-7-14-24(17-23)32-20-22-11-5-2-6-12-22)19-29-16-8-15-25(29)27(31)28-18-21-9-3-1-4-10-21/h1-7,9-14,17,25H,8,15-16,18-20H2,(H,28,31)/t25-/m0/s1. The number of rotatable bonds is 9. The van der Waals surface area contributed by atoms with Crippen molar-refractivity contribution in [3.05, 3.63) is 102 Å². The average molecular weight is 429 g/mol. The molecule has 5 nitrogen and oxygen atoms in total. The molecule has 32 heavy (non-hydrogen) atoms. The van der Waals surface area contributed by atoms with Gasteiger partial charge in [0.1, 0.15) is 12.4 Å². The molecule has 0 radical (unpaired) electrons. The molecule has 1 N–H and O–H groups in total. The highest BCUT2D eigenvalue weighted by Gasteiger charge is 2.31. The third-order valence-corrected chi connectivity index (χ3v) is 5.73. The van der Waals surface area contributed by atoms with Gasteiger partial charge in [0.05, 0.1) is 12.6 Å². The third kappa shape index (κ3) is 5.83. The normalized spacial score (nSPS) is 15.9. The first-order chi connectivity index (χ1) is 15.7. The summed E-state index contributed by atoms with van der Waals surface area (Å²) in [6, 6.07) is 26.8. The Morgan fingerprint density at radius 2 is 1.62 bits per heavy atom. The van der Waals surface area contributed by atoms with E-state index in [1.807, 2.05) is 77.7 Å². The molecular formula is C27H28N2O3. The van der Waals surface area contributed by atoms with E-state index in [-0.39, 0.29) is 24.3 Å². The van der Waals surface area contributed by atoms with Crippen LogP contribution in [0.2, 0.25) is 0 Å². The van der Waals surface area contributed by atoms with Gasteiger partial charge in [-0.25, -0.2) is 0 Å². The Morgan fingerprint density at radius 1 is 0.906 bits per heavy atom. The lowest BCUT2D eigenvalue weighted by atomic mass is 10.1. The fourth-order valence-electron chi connectivity index (χ4n) is 3.99. The maximum absolute atomic E-state index is 12.9. The Kier molecular flexibility index (Phi) is 7.31. The van der Waals surface area contributed by atoms with Crippen LogP contribution in [0.1, 0.15) is 34.3 Å². The average Bonchev–Trinajstić information content (AvgIpc) is 3.31. The van der Waals surface area contributed by atoms with Gasteiger partial charge in [-0.1, -0.05) is 72.8 Å². The smallest absolute Gasteiger partial charge is 0.237 e. The molecule has 4 rings (SSSR count). The number of ether oxygens (including phenoxy) is 1. The number of Topliss-reactive ketones (excluding diaryl/α,β-unsaturated/α-hetero) is 1. The van der Waals surface area contributed by atoms with Crippen LogP contribution in [-0.2, 0) is 17.9 Å². The molecular weight excluding hydrogens is 400 g/mol. The van der Waals surface area contributed by atoms with Crippen molar-refractivity contribution in [1.29, 1.82) is 0 Å². The summed E-state index contributed by atoms with van der Waals surface area (Å²) in [6.07, 6.45) is 1.69. The zero-order valence-electron chi connectivity index (χ0n) is 18.1. The summed E-state index contributed by atoms with van der Waals surface area (Å²) in [5.74, 6) is 0.648. The lowest BCUT2D eigenvalue weighted by Crippen LogP contribution is -2.44. The van der Waals surface area contributed by atoms with Crippen LogP contribution < -0.4 is 10.1 Å². The van der Waals surface area contributed by atoms with Gasteiger partial charge in [0.25, 0.3) is 0 Å². The second kappa shape index (κ2) is 10.7. The Labute approximate surface area is 189 Å². The summed E-state index contributed by atoms with van der Waals surface area (Å²) < 4.78 is 5.86. The van der Waals surface area contributed by atoms with Crippen LogP contribution >= 0.6 is 0 Å². The van der Waals surface area contributed by atoms with Crippen molar-refractivity contribution in [2.45, 2.75) is 32.0 Å². The van der Waals surface area contributed by atoms with Crippen molar-refractivity contribution in [3.8, 4) is 5.75 Å². The summed E-state index contributed by atoms with van der Waals surface area (Å²) in [4.78, 5) is 27.7. The van der Waals surface area contributed by atoms with E-state index in [1.165, 1.54) is 0 Å². The number of likely N-dealkylation sites (tertiary alicyclic amines) is 1. The number of amides is 1. The van der Waals surface area contributed by atoms with E-state index in [4.69, 9.17) is 4.74 Å². The molecule has 164 valence electrons. The first-order valence-electron chi connectivity index (χ1n) is 11.0. The first-order valence-corrected chi connectivity index (χ1v) is 11.0. The largest absolute Gasteiger partial charge is 0.489 e. The second-order valence-electron chi connectivity index (χ2n) is 8.06. The number of carbonyl (C=O) groups is 2. The highest BCUT2D eigenvalue weighted by atomic mass is 16.5. The zero-order chi connectivity index (χ0) is 22.2. The van der Waals surface area contributed by atoms with Gasteiger partial charge in [-0.15, -0.1) is 0 Å². The molecule has 1 fully saturated rings. The summed E-state index contributed by atoms with van der Waals surface area (Å²) >= 11 is 0. The fourth-order valence-corrected chi connectivity index (χ4v) is 3.99. The van der Waals surface area contributed by atoms with Crippen LogP contribution in [0.4, 0.5) is 0 Å². The Balaban J connectivity index is 1.32. The van der Waals surface area contributed by atoms with Crippen molar-refractivity contribution in [2.75, 3.05) is 13.1 Å². The number of nitrogens with zero attached hydrogens (tertiary/aromatic N) is 1. The van der Waals surface area contributed by atoms with E-state index in [2.05, 4.69) is 5.32 Å². The highest BCUT2D eigenvalue weighted by molar-refractivity contribution is 5.98. The molecule has 5 heteroatoms. The predicted octanol–water partition coefficient (Wildman–Crippen LogP) is 4.23. The molecule has 1 amide bonds. The fraction of sp³-hybridized carbons (Fsp3) is 0.259. The van der Waals surface area contributed by atoms with Crippen molar-refractivity contribution in [2.24, 2.45) is 0 Å². The second-order valence-corrected chi connectivity index (χ2v) is 8.06. The molecule has 1 saturated heterocycles. The van der Waals surface area contributed by atoms with Gasteiger partial charge in [0.15, 0.2) is 5.78 Å². The van der Waals surface area contributed by atoms with E-state index in [1.54, 1.807) is 12.1 Å². The summed E-state index contributed by atoms with van der Waals surface area (Å²) in [5.41, 5.74) is 2.74. The molecule has 0 bridgehead atoms. The SMILES string of the molecule is O=C(CN1CCC[C@H]1C(=O)NCc1ccccc1)c1cccc(OCc2ccccc2)c1. The minimum absolute atomic E-state index is 0.00193. The van der Waals surface area contributed by atoms with Gasteiger partial charge in [-0.3, -0.25) is 14.5 Å². The lowest BCUT2D eigenvalue weighted by Gasteiger charge is -2.23. The molecule has 1 aliphatic heterocycles. The summed E-state index contributed by atoms with van der Waals surface area (Å²) in [6.45, 7) is 1.93. The number of nitrogens with one attached hydrogen (secondary N) is 1. The van der Waals surface area contributed by atoms with Crippen molar-refractivity contribution in [3.63, 3.8) is 0 Å². The van der Waals surface area contributed by atoms with Gasteiger partial charge in [-0.05, 0) is 42.6 Å². The van der Waals surface area contributed by atoms with Crippen LogP contribution in [0.3, 0.4) is 0 Å². The molecule has 1 aliphatic rings. The summed E-state index contributed by atoms with van der Waals surface area (Å²) in [7, 11) is 0. The quantitative estimate of drug-likeness (QED) is 0.518. The molecule has 0 saturated carbocycles. The van der Waals surface area contributed by atoms with Gasteiger partial charge in [0, 0.05) is 12.1 Å².